The predicted octanol–water partition coefficient (Wildman–Crippen LogP) is 0.559. The first-order chi connectivity index (χ1) is 8.60. The highest BCUT2D eigenvalue weighted by molar-refractivity contribution is 6.02. The van der Waals surface area contributed by atoms with Crippen LogP contribution in [0.1, 0.15) is 24.9 Å². The van der Waals surface area contributed by atoms with Gasteiger partial charge in [0.15, 0.2) is 0 Å². The maximum absolute atomic E-state index is 11.3. The molecule has 0 unspecified atom stereocenters. The average Bonchev–Trinajstić information content (AvgIpc) is 2.37. The predicted molar refractivity (Wildman–Crippen MR) is 69.0 cm³/mol. The number of nitrogens with one attached hydrogen (secondary N) is 1. The van der Waals surface area contributed by atoms with Gasteiger partial charge < -0.3 is 10.6 Å². The van der Waals surface area contributed by atoms with Crippen LogP contribution in [0.5, 0.6) is 0 Å². The zero-order chi connectivity index (χ0) is 13.1. The van der Waals surface area contributed by atoms with E-state index >= 15 is 0 Å². The molecule has 1 aliphatic rings. The van der Waals surface area contributed by atoms with Crippen LogP contribution in [0.15, 0.2) is 24.3 Å². The molecule has 1 heterocycles. The van der Waals surface area contributed by atoms with Crippen molar-refractivity contribution in [2.24, 2.45) is 5.73 Å². The van der Waals surface area contributed by atoms with Crippen LogP contribution < -0.4 is 16.0 Å². The van der Waals surface area contributed by atoms with Crippen molar-refractivity contribution in [1.29, 1.82) is 0 Å². The van der Waals surface area contributed by atoms with Gasteiger partial charge in [0, 0.05) is 11.7 Å². The van der Waals surface area contributed by atoms with Crippen molar-refractivity contribution in [2.75, 3.05) is 18.0 Å². The summed E-state index contributed by atoms with van der Waals surface area (Å²) < 4.78 is 0. The number of rotatable bonds is 3. The molecule has 1 aromatic carbocycles. The number of hydrogen-bond acceptors (Lipinski definition) is 4. The summed E-state index contributed by atoms with van der Waals surface area (Å²) >= 11 is 0. The molecule has 0 aromatic heterocycles. The first-order valence-corrected chi connectivity index (χ1v) is 6.03. The lowest BCUT2D eigenvalue weighted by atomic mass is 10.0. The SMILES string of the molecule is CC[C@H](N)c1ccc(N2CC(=O)NC(=O)C2)cc1. The van der Waals surface area contributed by atoms with Gasteiger partial charge in [0.2, 0.25) is 11.8 Å². The fourth-order valence-corrected chi connectivity index (χ4v) is 1.99. The Hall–Kier alpha value is -1.88. The van der Waals surface area contributed by atoms with E-state index in [4.69, 9.17) is 5.73 Å². The lowest BCUT2D eigenvalue weighted by molar-refractivity contribution is -0.130. The van der Waals surface area contributed by atoms with Gasteiger partial charge in [-0.25, -0.2) is 0 Å². The van der Waals surface area contributed by atoms with Crippen molar-refractivity contribution < 1.29 is 9.59 Å². The van der Waals surface area contributed by atoms with E-state index in [0.717, 1.165) is 17.7 Å². The van der Waals surface area contributed by atoms with Gasteiger partial charge in [-0.05, 0) is 24.1 Å². The molecule has 1 atom stereocenters. The monoisotopic (exact) mass is 247 g/mol. The molecule has 5 nitrogen and oxygen atoms in total. The molecular formula is C13H17N3O2. The van der Waals surface area contributed by atoms with E-state index in [2.05, 4.69) is 5.32 Å². The first-order valence-electron chi connectivity index (χ1n) is 6.03. The van der Waals surface area contributed by atoms with Crippen molar-refractivity contribution in [1.82, 2.24) is 5.32 Å². The third-order valence-electron chi connectivity index (χ3n) is 3.07. The van der Waals surface area contributed by atoms with Gasteiger partial charge in [-0.15, -0.1) is 0 Å². The van der Waals surface area contributed by atoms with E-state index in [9.17, 15) is 9.59 Å². The van der Waals surface area contributed by atoms with Crippen molar-refractivity contribution in [2.45, 2.75) is 19.4 Å². The van der Waals surface area contributed by atoms with Crippen molar-refractivity contribution in [3.05, 3.63) is 29.8 Å². The minimum absolute atomic E-state index is 0.0327. The molecular weight excluding hydrogens is 230 g/mol. The van der Waals surface area contributed by atoms with Crippen LogP contribution in [-0.4, -0.2) is 24.9 Å². The Kier molecular flexibility index (Phi) is 3.62. The van der Waals surface area contributed by atoms with Gasteiger partial charge in [-0.2, -0.15) is 0 Å². The van der Waals surface area contributed by atoms with Gasteiger partial charge >= 0.3 is 0 Å². The molecule has 1 saturated heterocycles. The number of carbonyl (C=O) groups is 2. The normalized spacial score (nSPS) is 17.6. The van der Waals surface area contributed by atoms with E-state index in [0.29, 0.717) is 0 Å². The Labute approximate surface area is 106 Å². The van der Waals surface area contributed by atoms with E-state index in [1.54, 1.807) is 4.90 Å². The van der Waals surface area contributed by atoms with E-state index in [-0.39, 0.29) is 30.9 Å². The molecule has 2 amide bonds. The average molecular weight is 247 g/mol. The standard InChI is InChI=1S/C13H17N3O2/c1-2-11(14)9-3-5-10(6-4-9)16-7-12(17)15-13(18)8-16/h3-6,11H,2,7-8,14H2,1H3,(H,15,17,18)/t11-/m0/s1. The molecule has 0 aliphatic carbocycles. The zero-order valence-electron chi connectivity index (χ0n) is 10.3. The van der Waals surface area contributed by atoms with Gasteiger partial charge in [-0.1, -0.05) is 19.1 Å². The highest BCUT2D eigenvalue weighted by atomic mass is 16.2. The molecule has 1 aromatic rings. The Bertz CT molecular complexity index is 440. The Morgan fingerprint density at radius 2 is 1.78 bits per heavy atom. The Balaban J connectivity index is 2.14. The summed E-state index contributed by atoms with van der Waals surface area (Å²) in [5.74, 6) is -0.527. The van der Waals surface area contributed by atoms with Crippen LogP contribution in [0.2, 0.25) is 0 Å². The summed E-state index contributed by atoms with van der Waals surface area (Å²) in [6.07, 6.45) is 0.879. The summed E-state index contributed by atoms with van der Waals surface area (Å²) in [5.41, 5.74) is 7.86. The molecule has 0 bridgehead atoms. The number of amides is 2. The summed E-state index contributed by atoms with van der Waals surface area (Å²) in [5, 5.41) is 2.28. The van der Waals surface area contributed by atoms with E-state index < -0.39 is 0 Å². The molecule has 1 fully saturated rings. The molecule has 5 heteroatoms. The summed E-state index contributed by atoms with van der Waals surface area (Å²) in [6, 6.07) is 7.72. The number of hydrogen-bond donors (Lipinski definition) is 2. The van der Waals surface area contributed by atoms with Crippen LogP contribution in [0.4, 0.5) is 5.69 Å². The molecule has 0 radical (unpaired) electrons. The minimum atomic E-state index is -0.263. The van der Waals surface area contributed by atoms with Crippen LogP contribution in [-0.2, 0) is 9.59 Å². The Morgan fingerprint density at radius 1 is 1.22 bits per heavy atom. The van der Waals surface area contributed by atoms with Crippen molar-refractivity contribution in [3.8, 4) is 0 Å². The van der Waals surface area contributed by atoms with Crippen LogP contribution in [0.25, 0.3) is 0 Å². The molecule has 0 saturated carbocycles. The maximum Gasteiger partial charge on any atom is 0.246 e. The lowest BCUT2D eigenvalue weighted by Gasteiger charge is -2.27. The zero-order valence-corrected chi connectivity index (χ0v) is 10.3. The van der Waals surface area contributed by atoms with Gasteiger partial charge in [0.05, 0.1) is 13.1 Å². The number of anilines is 1. The minimum Gasteiger partial charge on any atom is -0.353 e. The van der Waals surface area contributed by atoms with E-state index in [1.165, 1.54) is 0 Å². The van der Waals surface area contributed by atoms with Gasteiger partial charge in [0.1, 0.15) is 0 Å². The number of nitrogens with zero attached hydrogens (tertiary/aromatic N) is 1. The largest absolute Gasteiger partial charge is 0.353 e. The fourth-order valence-electron chi connectivity index (χ4n) is 1.99. The number of benzene rings is 1. The summed E-state index contributed by atoms with van der Waals surface area (Å²) in [4.78, 5) is 24.3. The number of piperazine rings is 1. The molecule has 18 heavy (non-hydrogen) atoms. The second-order valence-corrected chi connectivity index (χ2v) is 4.43. The Morgan fingerprint density at radius 3 is 2.28 bits per heavy atom. The fraction of sp³-hybridized carbons (Fsp3) is 0.385. The lowest BCUT2D eigenvalue weighted by Crippen LogP contribution is -2.51. The topological polar surface area (TPSA) is 75.4 Å². The number of carbonyl (C=O) groups excluding carboxylic acids is 2. The third kappa shape index (κ3) is 2.68. The quantitative estimate of drug-likeness (QED) is 0.765. The highest BCUT2D eigenvalue weighted by Gasteiger charge is 2.22. The molecule has 0 spiro atoms. The molecule has 3 N–H and O–H groups in total. The summed E-state index contributed by atoms with van der Waals surface area (Å²) in [6.45, 7) is 2.46. The van der Waals surface area contributed by atoms with Crippen LogP contribution in [0, 0.1) is 0 Å². The molecule has 96 valence electrons. The third-order valence-corrected chi connectivity index (χ3v) is 3.07. The molecule has 2 rings (SSSR count). The number of nitrogens with two attached hydrogens (primary N) is 1. The van der Waals surface area contributed by atoms with Gasteiger partial charge in [-0.3, -0.25) is 14.9 Å². The van der Waals surface area contributed by atoms with E-state index in [1.807, 2.05) is 31.2 Å². The smallest absolute Gasteiger partial charge is 0.246 e. The first kappa shape index (κ1) is 12.6. The number of imide groups is 1. The van der Waals surface area contributed by atoms with Crippen LogP contribution >= 0.6 is 0 Å². The summed E-state index contributed by atoms with van der Waals surface area (Å²) in [7, 11) is 0. The van der Waals surface area contributed by atoms with Gasteiger partial charge in [0.25, 0.3) is 0 Å². The van der Waals surface area contributed by atoms with Crippen LogP contribution in [0.3, 0.4) is 0 Å². The highest BCUT2D eigenvalue weighted by Crippen LogP contribution is 2.20. The second-order valence-electron chi connectivity index (χ2n) is 4.43. The molecule has 1 aliphatic heterocycles. The van der Waals surface area contributed by atoms with Crippen molar-refractivity contribution >= 4 is 17.5 Å². The second kappa shape index (κ2) is 5.18. The van der Waals surface area contributed by atoms with Crippen molar-refractivity contribution in [3.63, 3.8) is 0 Å². The maximum atomic E-state index is 11.3.